The van der Waals surface area contributed by atoms with Crippen LogP contribution in [0.4, 0.5) is 28.4 Å². The molecule has 6 N–H and O–H groups in total. The molecule has 30 heteroatoms. The molecule has 57 heavy (non-hydrogen) atoms. The van der Waals surface area contributed by atoms with Gasteiger partial charge in [-0.2, -0.15) is 18.6 Å². The second-order valence-corrected chi connectivity index (χ2v) is 17.8. The first-order valence-corrected chi connectivity index (χ1v) is 21.9. The lowest BCUT2D eigenvalue weighted by atomic mass is 10.1. The third kappa shape index (κ3) is 14.0. The normalized spacial score (nSPS) is 12.6. The smallest absolute Gasteiger partial charge is 0.283 e. The lowest BCUT2D eigenvalue weighted by Crippen LogP contribution is -2.13. The van der Waals surface area contributed by atoms with Gasteiger partial charge in [0.15, 0.2) is 50.1 Å². The molecule has 0 fully saturated rings. The molecule has 0 saturated carbocycles. The zero-order valence-corrected chi connectivity index (χ0v) is 33.0. The maximum atomic E-state index is 12.9. The first-order chi connectivity index (χ1) is 27.2. The standard InChI is InChI=1S/C27H27N5O19S6/c33-27-21-7-8-23(28-16-57(41,42)43)25(31-29-17-3-1-5-19(13-17)55(37,38)11-9-44-53-50-47-35)22(21)15-24(52-49-46-34)26(27)32-30-18-4-2-6-20(14-18)56(39,40)12-10-45-54-51-48-36/h1-8,13-15,28,33-36H,9-12,16H2,(H,41,42,43)/b31-29+,32-30+. The molecule has 0 aliphatic carbocycles. The molecule has 0 aliphatic heterocycles. The van der Waals surface area contributed by atoms with Crippen LogP contribution in [0.2, 0.25) is 0 Å². The average molecular weight is 918 g/mol. The minimum absolute atomic E-state index is 0.00310. The number of rotatable bonds is 24. The molecule has 0 heterocycles. The highest BCUT2D eigenvalue weighted by Crippen LogP contribution is 2.48. The minimum atomic E-state index is -4.58. The van der Waals surface area contributed by atoms with Gasteiger partial charge in [0.25, 0.3) is 10.1 Å². The van der Waals surface area contributed by atoms with Gasteiger partial charge < -0.3 is 10.4 Å². The Bertz CT molecular complexity index is 2390. The van der Waals surface area contributed by atoms with E-state index >= 15 is 0 Å². The third-order valence-electron chi connectivity index (χ3n) is 6.77. The number of aromatic hydroxyl groups is 1. The predicted octanol–water partition coefficient (Wildman–Crippen LogP) is 6.61. The minimum Gasteiger partial charge on any atom is -0.505 e. The van der Waals surface area contributed by atoms with Crippen molar-refractivity contribution < 1.29 is 87.2 Å². The van der Waals surface area contributed by atoms with Gasteiger partial charge in [-0.05, 0) is 54.6 Å². The topological polar surface area (TPSA) is 339 Å². The number of sulfone groups is 2. The number of hydrogen-bond acceptors (Lipinski definition) is 26. The summed E-state index contributed by atoms with van der Waals surface area (Å²) in [7, 11) is -12.4. The van der Waals surface area contributed by atoms with Gasteiger partial charge >= 0.3 is 0 Å². The van der Waals surface area contributed by atoms with Crippen molar-refractivity contribution in [2.24, 2.45) is 20.5 Å². The number of phenolic OH excluding ortho intramolecular Hbond substituents is 1. The summed E-state index contributed by atoms with van der Waals surface area (Å²) in [5.74, 6) is -2.57. The lowest BCUT2D eigenvalue weighted by Gasteiger charge is -2.14. The highest BCUT2D eigenvalue weighted by molar-refractivity contribution is 7.94. The number of benzene rings is 4. The maximum absolute atomic E-state index is 12.9. The monoisotopic (exact) mass is 917 g/mol. The Balaban J connectivity index is 1.75. The molecule has 4 aromatic carbocycles. The fourth-order valence-corrected chi connectivity index (χ4v) is 8.10. The Labute approximate surface area is 334 Å². The van der Waals surface area contributed by atoms with Crippen LogP contribution < -0.4 is 5.32 Å². The van der Waals surface area contributed by atoms with Crippen LogP contribution in [0.25, 0.3) is 10.8 Å². The molecule has 0 spiro atoms. The van der Waals surface area contributed by atoms with E-state index < -0.39 is 52.9 Å². The summed E-state index contributed by atoms with van der Waals surface area (Å²) in [6.07, 6.45) is 0. The summed E-state index contributed by atoms with van der Waals surface area (Å²) in [5.41, 5.74) is -0.465. The van der Waals surface area contributed by atoms with Crippen LogP contribution in [0.1, 0.15) is 0 Å². The van der Waals surface area contributed by atoms with Crippen LogP contribution >= 0.6 is 36.7 Å². The van der Waals surface area contributed by atoms with Gasteiger partial charge in [0.2, 0.25) is 0 Å². The summed E-state index contributed by atoms with van der Waals surface area (Å²) in [4.78, 5) is -0.450. The second kappa shape index (κ2) is 21.9. The van der Waals surface area contributed by atoms with E-state index in [0.717, 1.165) is 0 Å². The van der Waals surface area contributed by atoms with Crippen LogP contribution in [0.5, 0.6) is 5.75 Å². The van der Waals surface area contributed by atoms with Crippen LogP contribution in [-0.2, 0) is 66.3 Å². The number of anilines is 1. The van der Waals surface area contributed by atoms with Crippen molar-refractivity contribution >= 4 is 106 Å². The molecule has 0 unspecified atom stereocenters. The van der Waals surface area contributed by atoms with Crippen LogP contribution in [0.15, 0.2) is 102 Å². The SMILES string of the molecule is O=S(=O)(O)CNc1ccc2c(O)c(/N=N/c3cccc(S(=O)(=O)CCOSOOO)c3)c(SOOO)cc2c1/N=N/c1cccc(S(=O)(=O)CCOSOOO)c1. The van der Waals surface area contributed by atoms with Crippen molar-refractivity contribution in [1.29, 1.82) is 0 Å². The van der Waals surface area contributed by atoms with E-state index in [1.165, 1.54) is 66.7 Å². The molecule has 4 aromatic rings. The van der Waals surface area contributed by atoms with Crippen molar-refractivity contribution in [3.05, 3.63) is 66.7 Å². The predicted molar refractivity (Wildman–Crippen MR) is 198 cm³/mol. The van der Waals surface area contributed by atoms with E-state index in [1.807, 2.05) is 0 Å². The quantitative estimate of drug-likeness (QED) is 0.0107. The average Bonchev–Trinajstić information content (AvgIpc) is 3.18. The molecule has 0 amide bonds. The molecule has 4 rings (SSSR count). The van der Waals surface area contributed by atoms with E-state index in [1.54, 1.807) is 0 Å². The number of nitrogens with zero attached hydrogens (tertiary/aromatic N) is 4. The lowest BCUT2D eigenvalue weighted by molar-refractivity contribution is -0.434. The van der Waals surface area contributed by atoms with E-state index in [-0.39, 0.29) is 91.8 Å². The Morgan fingerprint density at radius 1 is 0.632 bits per heavy atom. The zero-order valence-electron chi connectivity index (χ0n) is 28.1. The van der Waals surface area contributed by atoms with Gasteiger partial charge in [-0.3, -0.25) is 12.9 Å². The van der Waals surface area contributed by atoms with Crippen molar-refractivity contribution in [2.45, 2.75) is 14.7 Å². The van der Waals surface area contributed by atoms with E-state index in [2.05, 4.69) is 53.9 Å². The molecule has 0 radical (unpaired) electrons. The number of azo groups is 2. The van der Waals surface area contributed by atoms with E-state index in [0.29, 0.717) is 12.0 Å². The van der Waals surface area contributed by atoms with Crippen LogP contribution in [-0.4, -0.2) is 81.3 Å². The summed E-state index contributed by atoms with van der Waals surface area (Å²) in [6, 6.07) is 14.4. The van der Waals surface area contributed by atoms with E-state index in [4.69, 9.17) is 24.1 Å². The molecule has 0 aliphatic rings. The van der Waals surface area contributed by atoms with Gasteiger partial charge in [0.1, 0.15) is 17.3 Å². The third-order valence-corrected chi connectivity index (χ3v) is 12.0. The van der Waals surface area contributed by atoms with Gasteiger partial charge in [-0.25, -0.2) is 32.6 Å². The Kier molecular flexibility index (Phi) is 17.7. The zero-order chi connectivity index (χ0) is 41.5. The van der Waals surface area contributed by atoms with Gasteiger partial charge in [0, 0.05) is 10.8 Å². The number of phenols is 1. The summed E-state index contributed by atoms with van der Waals surface area (Å²) >= 11 is 0.730. The molecule has 310 valence electrons. The van der Waals surface area contributed by atoms with Gasteiger partial charge in [-0.1, -0.05) is 27.2 Å². The second-order valence-electron chi connectivity index (χ2n) is 10.4. The highest BCUT2D eigenvalue weighted by Gasteiger charge is 2.21. The number of hydrogen-bond donors (Lipinski definition) is 6. The Hall–Kier alpha value is -3.64. The summed E-state index contributed by atoms with van der Waals surface area (Å²) < 4.78 is 106. The maximum Gasteiger partial charge on any atom is 0.283 e. The van der Waals surface area contributed by atoms with Crippen molar-refractivity contribution in [2.75, 3.05) is 35.9 Å². The van der Waals surface area contributed by atoms with Gasteiger partial charge in [0.05, 0.1) is 68.5 Å². The van der Waals surface area contributed by atoms with Gasteiger partial charge in [-0.15, -0.1) is 23.2 Å². The molecule has 0 aromatic heterocycles. The first kappa shape index (κ1) is 46.1. The van der Waals surface area contributed by atoms with Crippen molar-refractivity contribution in [1.82, 2.24) is 0 Å². The molecule has 0 saturated heterocycles. The fraction of sp³-hybridized carbons (Fsp3) is 0.185. The highest BCUT2D eigenvalue weighted by atomic mass is 32.2. The summed E-state index contributed by atoms with van der Waals surface area (Å²) in [6.45, 7) is -0.708. The molecular formula is C27H27N5O19S6. The van der Waals surface area contributed by atoms with Crippen LogP contribution in [0, 0.1) is 0 Å². The Morgan fingerprint density at radius 2 is 1.16 bits per heavy atom. The number of nitrogens with one attached hydrogen (secondary N) is 1. The number of fused-ring (bicyclic) bond motifs is 1. The largest absolute Gasteiger partial charge is 0.505 e. The fourth-order valence-electron chi connectivity index (χ4n) is 4.38. The molecule has 24 nitrogen and oxygen atoms in total. The van der Waals surface area contributed by atoms with E-state index in [9.17, 15) is 34.9 Å². The van der Waals surface area contributed by atoms with Crippen LogP contribution in [0.3, 0.4) is 0 Å². The van der Waals surface area contributed by atoms with Crippen molar-refractivity contribution in [3.8, 4) is 5.75 Å². The Morgan fingerprint density at radius 3 is 1.67 bits per heavy atom. The molecular weight excluding hydrogens is 891 g/mol. The van der Waals surface area contributed by atoms with Crippen molar-refractivity contribution in [3.63, 3.8) is 0 Å². The molecule has 0 atom stereocenters. The molecule has 0 bridgehead atoms. The summed E-state index contributed by atoms with van der Waals surface area (Å²) in [5, 5.41) is 65.9. The first-order valence-electron chi connectivity index (χ1n) is 14.9.